The second-order valence-corrected chi connectivity index (χ2v) is 20.5. The van der Waals surface area contributed by atoms with Crippen LogP contribution in [0.1, 0.15) is 271 Å². The highest BCUT2D eigenvalue weighted by Crippen LogP contribution is 2.15. The van der Waals surface area contributed by atoms with Crippen molar-refractivity contribution in [2.24, 2.45) is 0 Å². The van der Waals surface area contributed by atoms with E-state index in [-0.39, 0.29) is 37.5 Å². The van der Waals surface area contributed by atoms with Crippen molar-refractivity contribution in [2.45, 2.75) is 277 Å². The largest absolute Gasteiger partial charge is 0.462 e. The Morgan fingerprint density at radius 2 is 0.513 bits per heavy atom. The Morgan fingerprint density at radius 1 is 0.269 bits per heavy atom. The summed E-state index contributed by atoms with van der Waals surface area (Å²) in [7, 11) is 0. The van der Waals surface area contributed by atoms with Gasteiger partial charge in [0.2, 0.25) is 0 Å². The fraction of sp³-hybridized carbons (Fsp3) is 0.625. The first kappa shape index (κ1) is 73.3. The van der Waals surface area contributed by atoms with Crippen molar-refractivity contribution in [1.29, 1.82) is 0 Å². The summed E-state index contributed by atoms with van der Waals surface area (Å²) in [6.45, 7) is 6.34. The summed E-state index contributed by atoms with van der Waals surface area (Å²) in [5.41, 5.74) is 0. The van der Waals surface area contributed by atoms with Crippen LogP contribution in [0.3, 0.4) is 0 Å². The Labute approximate surface area is 480 Å². The molecule has 0 radical (unpaired) electrons. The maximum absolute atomic E-state index is 12.9. The second kappa shape index (κ2) is 64.8. The van der Waals surface area contributed by atoms with E-state index in [1.165, 1.54) is 96.3 Å². The minimum absolute atomic E-state index is 0.109. The first-order chi connectivity index (χ1) is 38.5. The summed E-state index contributed by atoms with van der Waals surface area (Å²) >= 11 is 0. The fourth-order valence-corrected chi connectivity index (χ4v) is 8.36. The predicted molar refractivity (Wildman–Crippen MR) is 339 cm³/mol. The molecule has 6 nitrogen and oxygen atoms in total. The Hall–Kier alpha value is -4.71. The van der Waals surface area contributed by atoms with E-state index in [0.29, 0.717) is 19.3 Å². The van der Waals surface area contributed by atoms with Crippen LogP contribution in [0.5, 0.6) is 0 Å². The van der Waals surface area contributed by atoms with Crippen molar-refractivity contribution < 1.29 is 28.6 Å². The summed E-state index contributed by atoms with van der Waals surface area (Å²) in [6.07, 6.45) is 92.9. The molecule has 0 aliphatic carbocycles. The molecular weight excluding hydrogens is 961 g/mol. The predicted octanol–water partition coefficient (Wildman–Crippen LogP) is 21.9. The summed E-state index contributed by atoms with van der Waals surface area (Å²) in [5, 5.41) is 0. The van der Waals surface area contributed by atoms with Gasteiger partial charge in [-0.05, 0) is 135 Å². The SMILES string of the molecule is CC/C=C\C/C=C\C/C=C\C/C=C\C/C=C\C/C=C\C/C=C\CCCC(=O)OC(COC(=O)CCCCCCC/C=C\CCCCC)COC(=O)CCCCCCCCCCCCCC/C=C\C/C=C\C/C=C\C/C=C\CC. The zero-order valence-electron chi connectivity index (χ0n) is 50.4. The van der Waals surface area contributed by atoms with Crippen molar-refractivity contribution in [2.75, 3.05) is 13.2 Å². The van der Waals surface area contributed by atoms with E-state index in [1.807, 2.05) is 0 Å². The molecule has 0 heterocycles. The number of hydrogen-bond acceptors (Lipinski definition) is 6. The molecule has 440 valence electrons. The van der Waals surface area contributed by atoms with Gasteiger partial charge in [0.25, 0.3) is 0 Å². The van der Waals surface area contributed by atoms with Gasteiger partial charge in [0, 0.05) is 19.3 Å². The van der Waals surface area contributed by atoms with Gasteiger partial charge < -0.3 is 14.2 Å². The number of esters is 3. The lowest BCUT2D eigenvalue weighted by atomic mass is 10.0. The fourth-order valence-electron chi connectivity index (χ4n) is 8.36. The van der Waals surface area contributed by atoms with Gasteiger partial charge in [0.15, 0.2) is 6.10 Å². The molecule has 0 rings (SSSR count). The summed E-state index contributed by atoms with van der Waals surface area (Å²) in [5.74, 6) is -0.981. The number of carbonyl (C=O) groups is 3. The van der Waals surface area contributed by atoms with Crippen LogP contribution in [0.15, 0.2) is 146 Å². The number of carbonyl (C=O) groups excluding carboxylic acids is 3. The molecule has 0 saturated heterocycles. The van der Waals surface area contributed by atoms with E-state index in [4.69, 9.17) is 14.2 Å². The highest BCUT2D eigenvalue weighted by Gasteiger charge is 2.19. The van der Waals surface area contributed by atoms with Gasteiger partial charge in [-0.2, -0.15) is 0 Å². The highest BCUT2D eigenvalue weighted by atomic mass is 16.6. The lowest BCUT2D eigenvalue weighted by Gasteiger charge is -2.18. The van der Waals surface area contributed by atoms with Crippen LogP contribution >= 0.6 is 0 Å². The molecule has 0 amide bonds. The van der Waals surface area contributed by atoms with E-state index in [1.54, 1.807) is 0 Å². The number of unbranched alkanes of at least 4 members (excludes halogenated alkanes) is 21. The molecule has 0 fully saturated rings. The van der Waals surface area contributed by atoms with Gasteiger partial charge in [-0.3, -0.25) is 14.4 Å². The molecule has 6 heteroatoms. The van der Waals surface area contributed by atoms with Crippen molar-refractivity contribution in [3.63, 3.8) is 0 Å². The molecule has 0 aromatic heterocycles. The summed E-state index contributed by atoms with van der Waals surface area (Å²) < 4.78 is 16.8. The van der Waals surface area contributed by atoms with Gasteiger partial charge in [-0.1, -0.05) is 263 Å². The Bertz CT molecular complexity index is 1710. The van der Waals surface area contributed by atoms with Gasteiger partial charge in [-0.25, -0.2) is 0 Å². The molecule has 0 aliphatic heterocycles. The molecule has 0 aliphatic rings. The van der Waals surface area contributed by atoms with Crippen LogP contribution in [-0.4, -0.2) is 37.2 Å². The maximum Gasteiger partial charge on any atom is 0.306 e. The van der Waals surface area contributed by atoms with E-state index in [9.17, 15) is 14.4 Å². The maximum atomic E-state index is 12.9. The molecule has 0 spiro atoms. The van der Waals surface area contributed by atoms with Crippen LogP contribution in [0, 0.1) is 0 Å². The van der Waals surface area contributed by atoms with Crippen LogP contribution in [0.2, 0.25) is 0 Å². The number of hydrogen-bond donors (Lipinski definition) is 0. The lowest BCUT2D eigenvalue weighted by molar-refractivity contribution is -0.167. The van der Waals surface area contributed by atoms with Gasteiger partial charge >= 0.3 is 17.9 Å². The summed E-state index contributed by atoms with van der Waals surface area (Å²) in [6, 6.07) is 0. The number of allylic oxidation sites excluding steroid dienone is 24. The van der Waals surface area contributed by atoms with E-state index in [2.05, 4.69) is 167 Å². The van der Waals surface area contributed by atoms with E-state index < -0.39 is 6.10 Å². The summed E-state index contributed by atoms with van der Waals surface area (Å²) in [4.78, 5) is 38.3. The van der Waals surface area contributed by atoms with Crippen molar-refractivity contribution in [3.8, 4) is 0 Å². The standard InChI is InChI=1S/C72H116O6/c1-4-7-10-13-16-19-22-25-27-29-31-33-35-36-38-39-41-43-45-47-50-53-56-59-62-65-71(74)77-68-69(67-76-70(73)64-61-58-55-52-49-24-21-18-15-12-9-6-3)78-72(75)66-63-60-57-54-51-48-46-44-42-40-37-34-32-30-28-26-23-20-17-14-11-8-5-2/h7-8,10-11,16-21,25-28,31-34,40,42,46,48,54,57,69H,4-6,9,12-15,22-24,29-30,35-39,41,43-45,47,49-53,55-56,58-68H2,1-3H3/b10-7-,11-8-,19-16-,20-17-,21-18-,27-25-,28-26-,33-31-,34-32-,42-40-,48-46-,57-54-. The molecule has 0 bridgehead atoms. The molecule has 78 heavy (non-hydrogen) atoms. The zero-order chi connectivity index (χ0) is 56.4. The van der Waals surface area contributed by atoms with Crippen molar-refractivity contribution in [3.05, 3.63) is 146 Å². The average molecular weight is 1080 g/mol. The Morgan fingerprint density at radius 3 is 0.833 bits per heavy atom. The first-order valence-electron chi connectivity index (χ1n) is 31.8. The third kappa shape index (κ3) is 62.1. The minimum atomic E-state index is -0.819. The lowest BCUT2D eigenvalue weighted by Crippen LogP contribution is -2.30. The van der Waals surface area contributed by atoms with Crippen LogP contribution < -0.4 is 0 Å². The van der Waals surface area contributed by atoms with Gasteiger partial charge in [0.1, 0.15) is 13.2 Å². The van der Waals surface area contributed by atoms with Crippen LogP contribution in [0.4, 0.5) is 0 Å². The molecule has 1 atom stereocenters. The molecular formula is C72H116O6. The smallest absolute Gasteiger partial charge is 0.306 e. The molecule has 0 saturated carbocycles. The first-order valence-corrected chi connectivity index (χ1v) is 31.8. The van der Waals surface area contributed by atoms with E-state index in [0.717, 1.165) is 128 Å². The number of rotatable bonds is 56. The van der Waals surface area contributed by atoms with Crippen molar-refractivity contribution >= 4 is 17.9 Å². The monoisotopic (exact) mass is 1080 g/mol. The average Bonchev–Trinajstić information content (AvgIpc) is 3.44. The molecule has 0 aromatic rings. The quantitative estimate of drug-likeness (QED) is 0.0261. The third-order valence-electron chi connectivity index (χ3n) is 13.1. The zero-order valence-corrected chi connectivity index (χ0v) is 50.4. The molecule has 1 unspecified atom stereocenters. The minimum Gasteiger partial charge on any atom is -0.462 e. The van der Waals surface area contributed by atoms with Crippen LogP contribution in [0.25, 0.3) is 0 Å². The van der Waals surface area contributed by atoms with Gasteiger partial charge in [-0.15, -0.1) is 0 Å². The third-order valence-corrected chi connectivity index (χ3v) is 13.1. The topological polar surface area (TPSA) is 78.9 Å². The van der Waals surface area contributed by atoms with Gasteiger partial charge in [0.05, 0.1) is 0 Å². The van der Waals surface area contributed by atoms with Crippen LogP contribution in [-0.2, 0) is 28.6 Å². The Kier molecular flexibility index (Phi) is 60.9. The second-order valence-electron chi connectivity index (χ2n) is 20.5. The van der Waals surface area contributed by atoms with E-state index >= 15 is 0 Å². The highest BCUT2D eigenvalue weighted by molar-refractivity contribution is 5.71. The Balaban J connectivity index is 4.42. The van der Waals surface area contributed by atoms with Crippen molar-refractivity contribution in [1.82, 2.24) is 0 Å². The molecule has 0 aromatic carbocycles. The number of ether oxygens (including phenoxy) is 3. The molecule has 0 N–H and O–H groups in total. The normalized spacial score (nSPS) is 13.1.